The Morgan fingerprint density at radius 1 is 1.37 bits per heavy atom. The van der Waals surface area contributed by atoms with E-state index in [0.717, 1.165) is 19.5 Å². The number of hydrogen-bond acceptors (Lipinski definition) is 3. The fourth-order valence-electron chi connectivity index (χ4n) is 3.33. The molecule has 0 aromatic rings. The summed E-state index contributed by atoms with van der Waals surface area (Å²) in [6.45, 7) is 8.21. The summed E-state index contributed by atoms with van der Waals surface area (Å²) >= 11 is 0. The van der Waals surface area contributed by atoms with Gasteiger partial charge in [-0.1, -0.05) is 13.3 Å². The van der Waals surface area contributed by atoms with Crippen molar-refractivity contribution >= 4 is 5.91 Å². The monoisotopic (exact) mass is 267 g/mol. The van der Waals surface area contributed by atoms with Gasteiger partial charge >= 0.3 is 0 Å². The predicted molar refractivity (Wildman–Crippen MR) is 77.8 cm³/mol. The maximum absolute atomic E-state index is 12.4. The van der Waals surface area contributed by atoms with Gasteiger partial charge in [0.15, 0.2) is 0 Å². The number of carbonyl (C=O) groups is 1. The molecule has 2 rings (SSSR count). The molecule has 0 aliphatic carbocycles. The highest BCUT2D eigenvalue weighted by atomic mass is 16.2. The lowest BCUT2D eigenvalue weighted by atomic mass is 9.96. The molecule has 2 heterocycles. The third-order valence-corrected chi connectivity index (χ3v) is 4.76. The molecular weight excluding hydrogens is 238 g/mol. The summed E-state index contributed by atoms with van der Waals surface area (Å²) in [4.78, 5) is 17.1. The minimum absolute atomic E-state index is 0.332. The number of amides is 1. The van der Waals surface area contributed by atoms with Crippen LogP contribution in [-0.4, -0.2) is 54.0 Å². The molecular formula is C15H29N3O. The first-order chi connectivity index (χ1) is 9.11. The van der Waals surface area contributed by atoms with E-state index >= 15 is 0 Å². The quantitative estimate of drug-likeness (QED) is 0.838. The van der Waals surface area contributed by atoms with Crippen LogP contribution in [0.3, 0.4) is 0 Å². The zero-order chi connectivity index (χ0) is 13.8. The zero-order valence-corrected chi connectivity index (χ0v) is 12.5. The number of fused-ring (bicyclic) bond motifs is 1. The van der Waals surface area contributed by atoms with Gasteiger partial charge in [0.2, 0.25) is 5.91 Å². The maximum atomic E-state index is 12.4. The van der Waals surface area contributed by atoms with Crippen LogP contribution in [0.4, 0.5) is 0 Å². The van der Waals surface area contributed by atoms with Gasteiger partial charge in [0, 0.05) is 31.6 Å². The Hall–Kier alpha value is -0.610. The van der Waals surface area contributed by atoms with Crippen molar-refractivity contribution in [1.82, 2.24) is 9.80 Å². The van der Waals surface area contributed by atoms with Gasteiger partial charge in [0.25, 0.3) is 0 Å². The lowest BCUT2D eigenvalue weighted by molar-refractivity contribution is -0.138. The lowest BCUT2D eigenvalue weighted by Gasteiger charge is -2.47. The molecule has 4 heteroatoms. The molecule has 2 saturated heterocycles. The number of piperidine rings is 1. The zero-order valence-electron chi connectivity index (χ0n) is 12.5. The average molecular weight is 267 g/mol. The van der Waals surface area contributed by atoms with E-state index in [9.17, 15) is 4.79 Å². The van der Waals surface area contributed by atoms with Crippen LogP contribution in [0.25, 0.3) is 0 Å². The molecule has 2 fully saturated rings. The molecule has 1 amide bonds. The molecule has 0 aromatic carbocycles. The highest BCUT2D eigenvalue weighted by molar-refractivity contribution is 5.76. The molecule has 0 aromatic heterocycles. The van der Waals surface area contributed by atoms with Gasteiger partial charge in [-0.25, -0.2) is 0 Å². The van der Waals surface area contributed by atoms with Crippen molar-refractivity contribution in [3.63, 3.8) is 0 Å². The Morgan fingerprint density at radius 2 is 2.16 bits per heavy atom. The minimum Gasteiger partial charge on any atom is -0.337 e. The summed E-state index contributed by atoms with van der Waals surface area (Å²) in [5.41, 5.74) is 5.62. The molecule has 2 aliphatic heterocycles. The van der Waals surface area contributed by atoms with Gasteiger partial charge in [-0.05, 0) is 45.2 Å². The van der Waals surface area contributed by atoms with Crippen LogP contribution in [0, 0.1) is 5.92 Å². The molecule has 110 valence electrons. The summed E-state index contributed by atoms with van der Waals surface area (Å²) in [5, 5.41) is 0. The smallest absolute Gasteiger partial charge is 0.222 e. The second-order valence-electron chi connectivity index (χ2n) is 6.42. The predicted octanol–water partition coefficient (Wildman–Crippen LogP) is 1.45. The Morgan fingerprint density at radius 3 is 2.89 bits per heavy atom. The van der Waals surface area contributed by atoms with E-state index in [1.54, 1.807) is 0 Å². The van der Waals surface area contributed by atoms with Crippen LogP contribution >= 0.6 is 0 Å². The summed E-state index contributed by atoms with van der Waals surface area (Å²) in [6, 6.07) is 0.982. The maximum Gasteiger partial charge on any atom is 0.222 e. The molecule has 4 nitrogen and oxygen atoms in total. The Balaban J connectivity index is 1.86. The second-order valence-corrected chi connectivity index (χ2v) is 6.42. The number of nitrogens with two attached hydrogens (primary N) is 1. The number of hydrogen-bond donors (Lipinski definition) is 1. The van der Waals surface area contributed by atoms with Gasteiger partial charge in [-0.2, -0.15) is 0 Å². The third kappa shape index (κ3) is 3.69. The summed E-state index contributed by atoms with van der Waals surface area (Å²) < 4.78 is 0. The van der Waals surface area contributed by atoms with Crippen molar-refractivity contribution in [3.05, 3.63) is 0 Å². The average Bonchev–Trinajstić information content (AvgIpc) is 2.43. The fraction of sp³-hybridized carbons (Fsp3) is 0.933. The van der Waals surface area contributed by atoms with Crippen LogP contribution in [0.2, 0.25) is 0 Å². The molecule has 0 spiro atoms. The van der Waals surface area contributed by atoms with Crippen molar-refractivity contribution in [2.24, 2.45) is 11.7 Å². The molecule has 19 heavy (non-hydrogen) atoms. The molecule has 0 radical (unpaired) electrons. The van der Waals surface area contributed by atoms with Crippen LogP contribution in [0.1, 0.15) is 46.0 Å². The van der Waals surface area contributed by atoms with E-state index in [2.05, 4.69) is 23.6 Å². The van der Waals surface area contributed by atoms with E-state index in [1.807, 2.05) is 0 Å². The van der Waals surface area contributed by atoms with Gasteiger partial charge in [0.05, 0.1) is 0 Å². The fourth-order valence-corrected chi connectivity index (χ4v) is 3.33. The molecule has 2 aliphatic rings. The highest BCUT2D eigenvalue weighted by Crippen LogP contribution is 2.24. The normalized spacial score (nSPS) is 29.9. The first kappa shape index (κ1) is 14.8. The summed E-state index contributed by atoms with van der Waals surface area (Å²) in [6.07, 6.45) is 5.49. The minimum atomic E-state index is 0.332. The Labute approximate surface area is 117 Å². The van der Waals surface area contributed by atoms with Crippen LogP contribution in [0.15, 0.2) is 0 Å². The van der Waals surface area contributed by atoms with E-state index < -0.39 is 0 Å². The molecule has 3 unspecified atom stereocenters. The van der Waals surface area contributed by atoms with Crippen LogP contribution in [-0.2, 0) is 4.79 Å². The van der Waals surface area contributed by atoms with Crippen molar-refractivity contribution in [1.29, 1.82) is 0 Å². The van der Waals surface area contributed by atoms with Crippen molar-refractivity contribution in [3.8, 4) is 0 Å². The number of rotatable bonds is 4. The summed E-state index contributed by atoms with van der Waals surface area (Å²) in [7, 11) is 0. The topological polar surface area (TPSA) is 49.6 Å². The van der Waals surface area contributed by atoms with Crippen LogP contribution < -0.4 is 5.73 Å². The van der Waals surface area contributed by atoms with Crippen molar-refractivity contribution in [2.45, 2.75) is 58.0 Å². The lowest BCUT2D eigenvalue weighted by Crippen LogP contribution is -2.60. The first-order valence-corrected chi connectivity index (χ1v) is 7.85. The van der Waals surface area contributed by atoms with Crippen molar-refractivity contribution < 1.29 is 4.79 Å². The Bertz CT molecular complexity index is 308. The van der Waals surface area contributed by atoms with E-state index in [-0.39, 0.29) is 0 Å². The van der Waals surface area contributed by atoms with E-state index in [4.69, 9.17) is 5.73 Å². The van der Waals surface area contributed by atoms with E-state index in [1.165, 1.54) is 25.8 Å². The van der Waals surface area contributed by atoms with E-state index in [0.29, 0.717) is 36.9 Å². The van der Waals surface area contributed by atoms with Gasteiger partial charge in [-0.3, -0.25) is 9.69 Å². The molecule has 2 N–H and O–H groups in total. The Kier molecular flexibility index (Phi) is 5.22. The third-order valence-electron chi connectivity index (χ3n) is 4.76. The first-order valence-electron chi connectivity index (χ1n) is 7.85. The SMILES string of the molecule is CC(CN)CCC(=O)N1CC2CCCCN2CC1C. The largest absolute Gasteiger partial charge is 0.337 e. The number of piperazine rings is 1. The summed E-state index contributed by atoms with van der Waals surface area (Å²) in [5.74, 6) is 0.785. The molecule has 0 bridgehead atoms. The van der Waals surface area contributed by atoms with Gasteiger partial charge in [-0.15, -0.1) is 0 Å². The molecule has 3 atom stereocenters. The molecule has 0 saturated carbocycles. The van der Waals surface area contributed by atoms with Gasteiger partial charge in [0.1, 0.15) is 0 Å². The number of nitrogens with zero attached hydrogens (tertiary/aromatic N) is 2. The standard InChI is InChI=1S/C15H29N3O/c1-12(9-16)6-7-15(19)18-11-14-5-3-4-8-17(14)10-13(18)2/h12-14H,3-11,16H2,1-2H3. The van der Waals surface area contributed by atoms with Gasteiger partial charge < -0.3 is 10.6 Å². The van der Waals surface area contributed by atoms with Crippen LogP contribution in [0.5, 0.6) is 0 Å². The second kappa shape index (κ2) is 6.71. The highest BCUT2D eigenvalue weighted by Gasteiger charge is 2.34. The van der Waals surface area contributed by atoms with Crippen molar-refractivity contribution in [2.75, 3.05) is 26.2 Å². The number of carbonyl (C=O) groups excluding carboxylic acids is 1.